The first kappa shape index (κ1) is 69.6. The van der Waals surface area contributed by atoms with E-state index in [0.29, 0.717) is 11.3 Å². The maximum atomic E-state index is 9.90. The quantitative estimate of drug-likeness (QED) is 0.105. The van der Waals surface area contributed by atoms with E-state index in [4.69, 9.17) is 20.2 Å². The Labute approximate surface area is 657 Å². The zero-order valence-electron chi connectivity index (χ0n) is 60.7. The molecule has 4 heterocycles. The van der Waals surface area contributed by atoms with Gasteiger partial charge in [-0.2, -0.15) is 0 Å². The van der Waals surface area contributed by atoms with Gasteiger partial charge in [0.1, 0.15) is 0 Å². The van der Waals surface area contributed by atoms with E-state index in [-0.39, 0.29) is 0 Å². The van der Waals surface area contributed by atoms with Crippen molar-refractivity contribution >= 4 is 72.1 Å². The van der Waals surface area contributed by atoms with Crippen LogP contribution in [0.15, 0.2) is 417 Å². The van der Waals surface area contributed by atoms with E-state index in [1.807, 2.05) is 179 Å². The summed E-state index contributed by atoms with van der Waals surface area (Å²) in [6.45, 7) is 0. The van der Waals surface area contributed by atoms with Gasteiger partial charge in [-0.05, 0) is 146 Å². The van der Waals surface area contributed by atoms with Gasteiger partial charge >= 0.3 is 7.12 Å². The first-order valence-corrected chi connectivity index (χ1v) is 38.1. The first-order chi connectivity index (χ1) is 55.3. The summed E-state index contributed by atoms with van der Waals surface area (Å²) in [7, 11) is -1.53. The molecule has 0 radical (unpaired) electrons. The molecule has 0 aliphatic heterocycles. The van der Waals surface area contributed by atoms with Crippen LogP contribution in [0.5, 0.6) is 0 Å². The summed E-state index contributed by atoms with van der Waals surface area (Å²) >= 11 is 3.48. The number of rotatable bonds is 14. The highest BCUT2D eigenvalue weighted by molar-refractivity contribution is 9.10. The molecule has 0 aliphatic rings. The predicted octanol–water partition coefficient (Wildman–Crippen LogP) is 23.9. The van der Waals surface area contributed by atoms with Crippen LogP contribution in [0.3, 0.4) is 0 Å². The molecule has 2 N–H and O–H groups in total. The lowest BCUT2D eigenvalue weighted by atomic mass is 9.74. The number of hydrogen-bond donors (Lipinski definition) is 2. The second kappa shape index (κ2) is 31.2. The lowest BCUT2D eigenvalue weighted by Crippen LogP contribution is -2.31. The molecule has 0 spiro atoms. The van der Waals surface area contributed by atoms with E-state index >= 15 is 0 Å². The topological polar surface area (TPSA) is 112 Å². The van der Waals surface area contributed by atoms with Crippen LogP contribution in [0.4, 0.5) is 0 Å². The Balaban J connectivity index is 0.000000129. The number of nitrogens with zero attached hydrogens (tertiary/aromatic N) is 8. The van der Waals surface area contributed by atoms with Gasteiger partial charge in [0.25, 0.3) is 0 Å². The summed E-state index contributed by atoms with van der Waals surface area (Å²) in [5, 5.41) is 34.5. The third kappa shape index (κ3) is 13.8. The van der Waals surface area contributed by atoms with E-state index < -0.39 is 7.12 Å². The summed E-state index contributed by atoms with van der Waals surface area (Å²) in [5.41, 5.74) is 24.5. The Morgan fingerprint density at radius 3 is 0.821 bits per heavy atom. The third-order valence-corrected chi connectivity index (χ3v) is 21.0. The molecule has 0 bridgehead atoms. The molecule has 20 aromatic rings. The number of fused-ring (bicyclic) bond motifs is 6. The van der Waals surface area contributed by atoms with Gasteiger partial charge in [-0.15, -0.1) is 10.2 Å². The fourth-order valence-electron chi connectivity index (χ4n) is 15.2. The highest BCUT2D eigenvalue weighted by atomic mass is 79.9. The van der Waals surface area contributed by atoms with Crippen molar-refractivity contribution < 1.29 is 10.0 Å². The van der Waals surface area contributed by atoms with Crippen LogP contribution in [0.1, 0.15) is 0 Å². The summed E-state index contributed by atoms with van der Waals surface area (Å²) in [6, 6.07) is 142. The fraction of sp³-hybridized carbons (Fsp3) is 0. The van der Waals surface area contributed by atoms with Crippen LogP contribution in [0.25, 0.3) is 168 Å². The zero-order chi connectivity index (χ0) is 75.3. The molecule has 532 valence electrons. The van der Waals surface area contributed by atoms with E-state index in [0.717, 1.165) is 94.8 Å². The molecule has 0 saturated carbocycles. The van der Waals surface area contributed by atoms with Crippen molar-refractivity contribution in [3.8, 4) is 124 Å². The van der Waals surface area contributed by atoms with Gasteiger partial charge < -0.3 is 19.2 Å². The fourth-order valence-corrected chi connectivity index (χ4v) is 15.4. The molecule has 12 heteroatoms. The van der Waals surface area contributed by atoms with E-state index in [2.05, 4.69) is 262 Å². The van der Waals surface area contributed by atoms with Crippen LogP contribution in [-0.2, 0) is 0 Å². The highest BCUT2D eigenvalue weighted by Crippen LogP contribution is 2.42. The lowest BCUT2D eigenvalue weighted by Gasteiger charge is -2.16. The van der Waals surface area contributed by atoms with Gasteiger partial charge in [0.2, 0.25) is 0 Å². The molecular weight excluding hydrogens is 1440 g/mol. The maximum absolute atomic E-state index is 9.90. The standard InChI is InChI=1S/C50H34N4.C30H22BNO2.C20H14BrN3/c1-3-15-37(16-4-1)49-51-50(38-17-5-2-6-18-38)54(52-49)40-33-29-36(30-34-40)42-20-8-10-22-44(42)43-21-9-7-19-41(43)35-27-31-39(32-28-35)53-47-25-13-11-23-45(47)46-24-12-14-26-48(46)53;33-31(34)28-14-6-3-11-25(28)24-10-2-1-9-23(24)21-17-19-22(20-18-21)32-29-15-7-4-12-26(29)27-13-5-8-16-30(27)32;21-17-11-13-18(14-12-17)24-20(16-9-5-2-6-10-16)22-19(23-24)15-7-3-1-4-8-15/h1-34H;1-20,33-34H;1-14H. The SMILES string of the molecule is Brc1ccc(-n2nc(-c3ccccc3)nc2-c2ccccc2)cc1.OB(O)c1ccccc1-c1ccccc1-c1ccc(-n2c3ccccc3c3ccccc32)cc1.c1ccc(-c2nc(-c3ccccc3)n(-c3ccc(-c4ccccc4-c4ccccc4-c4ccc(-n5c6ccccc6c6ccccc65)cc4)cc3)n2)cc1. The van der Waals surface area contributed by atoms with Crippen LogP contribution < -0.4 is 5.46 Å². The van der Waals surface area contributed by atoms with Crippen molar-refractivity contribution in [3.63, 3.8) is 0 Å². The molecule has 4 aromatic heterocycles. The van der Waals surface area contributed by atoms with Crippen molar-refractivity contribution in [1.29, 1.82) is 0 Å². The highest BCUT2D eigenvalue weighted by Gasteiger charge is 2.22. The molecule has 0 aliphatic carbocycles. The average molecular weight is 1510 g/mol. The van der Waals surface area contributed by atoms with Gasteiger partial charge in [-0.1, -0.05) is 344 Å². The van der Waals surface area contributed by atoms with Gasteiger partial charge in [0.15, 0.2) is 23.3 Å². The van der Waals surface area contributed by atoms with Gasteiger partial charge in [-0.25, -0.2) is 19.3 Å². The Morgan fingerprint density at radius 1 is 0.223 bits per heavy atom. The lowest BCUT2D eigenvalue weighted by molar-refractivity contribution is 0.426. The molecular formula is C100H70BBrN8O2. The number of hydrogen-bond acceptors (Lipinski definition) is 6. The Hall–Kier alpha value is -14.1. The summed E-state index contributed by atoms with van der Waals surface area (Å²) < 4.78 is 9.55. The van der Waals surface area contributed by atoms with Gasteiger partial charge in [0, 0.05) is 59.6 Å². The second-order valence-electron chi connectivity index (χ2n) is 27.3. The minimum atomic E-state index is -1.53. The molecule has 10 nitrogen and oxygen atoms in total. The summed E-state index contributed by atoms with van der Waals surface area (Å²) in [5.74, 6) is 3.05. The molecule has 16 aromatic carbocycles. The normalized spacial score (nSPS) is 11.2. The monoisotopic (exact) mass is 1500 g/mol. The first-order valence-electron chi connectivity index (χ1n) is 37.3. The minimum Gasteiger partial charge on any atom is -0.423 e. The van der Waals surface area contributed by atoms with Crippen molar-refractivity contribution in [2.24, 2.45) is 0 Å². The molecule has 20 rings (SSSR count). The minimum absolute atomic E-state index is 0.497. The Kier molecular flexibility index (Phi) is 19.4. The molecule has 0 atom stereocenters. The molecule has 0 saturated heterocycles. The van der Waals surface area contributed by atoms with E-state index in [1.165, 1.54) is 71.4 Å². The average Bonchev–Trinajstić information content (AvgIpc) is 1.63. The second-order valence-corrected chi connectivity index (χ2v) is 28.2. The summed E-state index contributed by atoms with van der Waals surface area (Å²) in [6.07, 6.45) is 0. The summed E-state index contributed by atoms with van der Waals surface area (Å²) in [4.78, 5) is 9.79. The molecule has 112 heavy (non-hydrogen) atoms. The Bertz CT molecular complexity index is 6600. The van der Waals surface area contributed by atoms with Crippen LogP contribution in [-0.4, -0.2) is 55.8 Å². The Morgan fingerprint density at radius 2 is 0.482 bits per heavy atom. The molecule has 0 unspecified atom stereocenters. The predicted molar refractivity (Wildman–Crippen MR) is 464 cm³/mol. The van der Waals surface area contributed by atoms with Gasteiger partial charge in [0.05, 0.1) is 33.4 Å². The number of aromatic nitrogens is 8. The van der Waals surface area contributed by atoms with E-state index in [9.17, 15) is 10.0 Å². The molecule has 0 fully saturated rings. The van der Waals surface area contributed by atoms with Crippen molar-refractivity contribution in [1.82, 2.24) is 38.7 Å². The van der Waals surface area contributed by atoms with Crippen LogP contribution in [0, 0.1) is 0 Å². The third-order valence-electron chi connectivity index (χ3n) is 20.5. The van der Waals surface area contributed by atoms with Crippen molar-refractivity contribution in [3.05, 3.63) is 417 Å². The molecule has 0 amide bonds. The largest absolute Gasteiger partial charge is 0.489 e. The van der Waals surface area contributed by atoms with Crippen molar-refractivity contribution in [2.45, 2.75) is 0 Å². The number of para-hydroxylation sites is 4. The van der Waals surface area contributed by atoms with Crippen LogP contribution >= 0.6 is 15.9 Å². The van der Waals surface area contributed by atoms with Crippen molar-refractivity contribution in [2.75, 3.05) is 0 Å². The van der Waals surface area contributed by atoms with Crippen LogP contribution in [0.2, 0.25) is 0 Å². The smallest absolute Gasteiger partial charge is 0.423 e. The zero-order valence-corrected chi connectivity index (χ0v) is 62.3. The van der Waals surface area contributed by atoms with Gasteiger partial charge in [-0.3, -0.25) is 0 Å². The number of halogens is 1. The maximum Gasteiger partial charge on any atom is 0.489 e. The van der Waals surface area contributed by atoms with E-state index in [1.54, 1.807) is 6.07 Å². The number of benzene rings is 16.